The lowest BCUT2D eigenvalue weighted by Gasteiger charge is -2.17. The predicted molar refractivity (Wildman–Crippen MR) is 79.3 cm³/mol. The van der Waals surface area contributed by atoms with Gasteiger partial charge in [0.25, 0.3) is 10.0 Å². The van der Waals surface area contributed by atoms with Gasteiger partial charge in [0.05, 0.1) is 11.9 Å². The summed E-state index contributed by atoms with van der Waals surface area (Å²) in [6.45, 7) is 1.96. The Bertz CT molecular complexity index is 721. The van der Waals surface area contributed by atoms with Gasteiger partial charge in [-0.2, -0.15) is 5.10 Å². The van der Waals surface area contributed by atoms with Crippen molar-refractivity contribution in [1.82, 2.24) is 10.2 Å². The largest absolute Gasteiger partial charge is 0.383 e. The number of nitrogens with zero attached hydrogens (tertiary/aromatic N) is 2. The van der Waals surface area contributed by atoms with Gasteiger partial charge in [-0.15, -0.1) is 0 Å². The van der Waals surface area contributed by atoms with Crippen LogP contribution in [0.15, 0.2) is 29.3 Å². The lowest BCUT2D eigenvalue weighted by Crippen LogP contribution is -2.15. The highest BCUT2D eigenvalue weighted by molar-refractivity contribution is 7.92. The molecular formula is C12H17N5O2S. The second-order valence-corrected chi connectivity index (χ2v) is 6.30. The molecule has 2 rings (SSSR count). The van der Waals surface area contributed by atoms with E-state index in [-0.39, 0.29) is 10.7 Å². The van der Waals surface area contributed by atoms with Crippen LogP contribution in [0.2, 0.25) is 0 Å². The van der Waals surface area contributed by atoms with E-state index < -0.39 is 10.0 Å². The number of sulfonamides is 1. The molecule has 0 bridgehead atoms. The Hall–Kier alpha value is -2.22. The molecule has 0 unspecified atom stereocenters. The van der Waals surface area contributed by atoms with Gasteiger partial charge in [0.15, 0.2) is 0 Å². The van der Waals surface area contributed by atoms with Crippen LogP contribution in [0.1, 0.15) is 5.56 Å². The fourth-order valence-electron chi connectivity index (χ4n) is 1.86. The van der Waals surface area contributed by atoms with Crippen molar-refractivity contribution in [2.24, 2.45) is 0 Å². The zero-order chi connectivity index (χ0) is 14.9. The summed E-state index contributed by atoms with van der Waals surface area (Å²) >= 11 is 0. The van der Waals surface area contributed by atoms with E-state index in [1.165, 1.54) is 6.20 Å². The highest BCUT2D eigenvalue weighted by Crippen LogP contribution is 2.25. The number of hydrogen-bond acceptors (Lipinski definition) is 5. The van der Waals surface area contributed by atoms with E-state index in [9.17, 15) is 8.42 Å². The van der Waals surface area contributed by atoms with E-state index in [0.717, 1.165) is 11.3 Å². The number of nitrogens with one attached hydrogen (secondary N) is 2. The molecule has 1 aromatic carbocycles. The number of nitrogen functional groups attached to an aromatic ring is 1. The van der Waals surface area contributed by atoms with Gasteiger partial charge < -0.3 is 10.6 Å². The average Bonchev–Trinajstić information content (AvgIpc) is 2.78. The molecule has 0 radical (unpaired) electrons. The summed E-state index contributed by atoms with van der Waals surface area (Å²) in [7, 11) is 0.0517. The van der Waals surface area contributed by atoms with Gasteiger partial charge >= 0.3 is 0 Å². The molecule has 1 heterocycles. The molecule has 0 saturated carbocycles. The van der Waals surface area contributed by atoms with Crippen molar-refractivity contribution in [3.8, 4) is 0 Å². The lowest BCUT2D eigenvalue weighted by atomic mass is 10.2. The van der Waals surface area contributed by atoms with Gasteiger partial charge in [0.1, 0.15) is 10.7 Å². The van der Waals surface area contributed by atoms with Gasteiger partial charge in [-0.1, -0.05) is 6.07 Å². The Labute approximate surface area is 117 Å². The summed E-state index contributed by atoms with van der Waals surface area (Å²) in [4.78, 5) is 1.85. The van der Waals surface area contributed by atoms with Gasteiger partial charge in [0.2, 0.25) is 0 Å². The second-order valence-electron chi connectivity index (χ2n) is 4.65. The first-order valence-corrected chi connectivity index (χ1v) is 7.39. The molecular weight excluding hydrogens is 278 g/mol. The van der Waals surface area contributed by atoms with Crippen molar-refractivity contribution < 1.29 is 8.42 Å². The van der Waals surface area contributed by atoms with Gasteiger partial charge in [-0.05, 0) is 24.6 Å². The molecule has 4 N–H and O–H groups in total. The zero-order valence-electron chi connectivity index (χ0n) is 11.5. The first kappa shape index (κ1) is 14.2. The highest BCUT2D eigenvalue weighted by atomic mass is 32.2. The van der Waals surface area contributed by atoms with E-state index in [4.69, 9.17) is 5.73 Å². The van der Waals surface area contributed by atoms with Crippen molar-refractivity contribution in [2.45, 2.75) is 11.8 Å². The minimum atomic E-state index is -3.74. The number of hydrogen-bond donors (Lipinski definition) is 3. The molecule has 0 amide bonds. The molecule has 20 heavy (non-hydrogen) atoms. The molecule has 0 aliphatic carbocycles. The third-order valence-electron chi connectivity index (χ3n) is 2.86. The Morgan fingerprint density at radius 2 is 2.05 bits per heavy atom. The van der Waals surface area contributed by atoms with Crippen molar-refractivity contribution in [3.05, 3.63) is 30.0 Å². The SMILES string of the molecule is Cc1ccc(NS(=O)(=O)c2cn[nH]c2N)cc1N(C)C. The summed E-state index contributed by atoms with van der Waals surface area (Å²) in [5.41, 5.74) is 8.00. The summed E-state index contributed by atoms with van der Waals surface area (Å²) in [5, 5.41) is 6.01. The minimum Gasteiger partial charge on any atom is -0.383 e. The maximum Gasteiger partial charge on any atom is 0.267 e. The number of aromatic amines is 1. The molecule has 0 spiro atoms. The predicted octanol–water partition coefficient (Wildman–Crippen LogP) is 1.17. The second kappa shape index (κ2) is 5.04. The Balaban J connectivity index is 2.35. The Morgan fingerprint density at radius 1 is 1.35 bits per heavy atom. The summed E-state index contributed by atoms with van der Waals surface area (Å²) in [5.74, 6) is 0.0115. The number of nitrogens with two attached hydrogens (primary N) is 1. The fourth-order valence-corrected chi connectivity index (χ4v) is 2.94. The van der Waals surface area contributed by atoms with Crippen molar-refractivity contribution in [2.75, 3.05) is 29.5 Å². The number of aromatic nitrogens is 2. The maximum absolute atomic E-state index is 12.2. The quantitative estimate of drug-likeness (QED) is 0.785. The van der Waals surface area contributed by atoms with E-state index in [0.29, 0.717) is 5.69 Å². The third kappa shape index (κ3) is 2.69. The molecule has 8 heteroatoms. The third-order valence-corrected chi connectivity index (χ3v) is 4.27. The van der Waals surface area contributed by atoms with Crippen LogP contribution in [0.4, 0.5) is 17.2 Å². The van der Waals surface area contributed by atoms with E-state index in [1.807, 2.05) is 32.0 Å². The van der Waals surface area contributed by atoms with Gasteiger partial charge in [-0.3, -0.25) is 9.82 Å². The lowest BCUT2D eigenvalue weighted by molar-refractivity contribution is 0.601. The first-order valence-electron chi connectivity index (χ1n) is 5.91. The van der Waals surface area contributed by atoms with E-state index >= 15 is 0 Å². The fraction of sp³-hybridized carbons (Fsp3) is 0.250. The van der Waals surface area contributed by atoms with E-state index in [1.54, 1.807) is 12.1 Å². The van der Waals surface area contributed by atoms with Crippen LogP contribution in [0.5, 0.6) is 0 Å². The molecule has 0 atom stereocenters. The number of H-pyrrole nitrogens is 1. The Morgan fingerprint density at radius 3 is 2.60 bits per heavy atom. The topological polar surface area (TPSA) is 104 Å². The van der Waals surface area contributed by atoms with E-state index in [2.05, 4.69) is 14.9 Å². The minimum absolute atomic E-state index is 0.0115. The molecule has 0 fully saturated rings. The van der Waals surface area contributed by atoms with Crippen molar-refractivity contribution >= 4 is 27.2 Å². The highest BCUT2D eigenvalue weighted by Gasteiger charge is 2.19. The first-order chi connectivity index (χ1) is 9.31. The van der Waals surface area contributed by atoms with Crippen LogP contribution in [0.3, 0.4) is 0 Å². The van der Waals surface area contributed by atoms with Crippen LogP contribution in [-0.4, -0.2) is 32.7 Å². The zero-order valence-corrected chi connectivity index (χ0v) is 12.3. The molecule has 108 valence electrons. The van der Waals surface area contributed by atoms with Crippen molar-refractivity contribution in [3.63, 3.8) is 0 Å². The van der Waals surface area contributed by atoms with Crippen LogP contribution >= 0.6 is 0 Å². The molecule has 0 aliphatic rings. The van der Waals surface area contributed by atoms with Crippen molar-refractivity contribution in [1.29, 1.82) is 0 Å². The number of anilines is 3. The van der Waals surface area contributed by atoms with Gasteiger partial charge in [0, 0.05) is 19.8 Å². The van der Waals surface area contributed by atoms with Crippen LogP contribution < -0.4 is 15.4 Å². The Kier molecular flexibility index (Phi) is 3.58. The summed E-state index contributed by atoms with van der Waals surface area (Å²) < 4.78 is 26.9. The molecule has 2 aromatic rings. The average molecular weight is 295 g/mol. The van der Waals surface area contributed by atoms with Crippen LogP contribution in [0.25, 0.3) is 0 Å². The molecule has 1 aromatic heterocycles. The number of rotatable bonds is 4. The monoisotopic (exact) mass is 295 g/mol. The van der Waals surface area contributed by atoms with Crippen LogP contribution in [-0.2, 0) is 10.0 Å². The molecule has 7 nitrogen and oxygen atoms in total. The number of benzene rings is 1. The number of aryl methyl sites for hydroxylation is 1. The van der Waals surface area contributed by atoms with Crippen LogP contribution in [0, 0.1) is 6.92 Å². The molecule has 0 saturated heterocycles. The standard InChI is InChI=1S/C12H17N5O2S/c1-8-4-5-9(6-10(8)17(2)3)16-20(18,19)11-7-14-15-12(11)13/h4-7,16H,1-3H3,(H3,13,14,15). The molecule has 0 aliphatic heterocycles. The normalized spacial score (nSPS) is 11.3. The van der Waals surface area contributed by atoms with Gasteiger partial charge in [-0.25, -0.2) is 8.42 Å². The summed E-state index contributed by atoms with van der Waals surface area (Å²) in [6, 6.07) is 5.32. The summed E-state index contributed by atoms with van der Waals surface area (Å²) in [6.07, 6.45) is 1.18. The smallest absolute Gasteiger partial charge is 0.267 e. The maximum atomic E-state index is 12.2.